The Kier molecular flexibility index (Phi) is 9.60. The zero-order valence-corrected chi connectivity index (χ0v) is 17.5. The van der Waals surface area contributed by atoms with Crippen LogP contribution in [0.1, 0.15) is 86.8 Å². The zero-order valence-electron chi connectivity index (χ0n) is 17.5. The SMILES string of the molecule is CC.CC.CC(C)NC(=O)OC1CC(c2cc(N)n(C(C)(C)C)n2)C1. The van der Waals surface area contributed by atoms with E-state index in [9.17, 15) is 4.79 Å². The van der Waals surface area contributed by atoms with Crippen LogP contribution in [0.15, 0.2) is 6.07 Å². The first-order chi connectivity index (χ1) is 11.7. The number of nitrogens with two attached hydrogens (primary N) is 1. The highest BCUT2D eigenvalue weighted by molar-refractivity contribution is 5.67. The van der Waals surface area contributed by atoms with Crippen LogP contribution in [0.25, 0.3) is 0 Å². The minimum absolute atomic E-state index is 0.0187. The molecule has 1 aliphatic carbocycles. The van der Waals surface area contributed by atoms with Crippen molar-refractivity contribution < 1.29 is 9.53 Å². The summed E-state index contributed by atoms with van der Waals surface area (Å²) in [6.45, 7) is 18.0. The van der Waals surface area contributed by atoms with E-state index >= 15 is 0 Å². The highest BCUT2D eigenvalue weighted by Gasteiger charge is 2.35. The molecule has 1 aromatic rings. The summed E-state index contributed by atoms with van der Waals surface area (Å²) in [7, 11) is 0. The van der Waals surface area contributed by atoms with Crippen molar-refractivity contribution in [2.75, 3.05) is 5.73 Å². The highest BCUT2D eigenvalue weighted by atomic mass is 16.6. The smallest absolute Gasteiger partial charge is 0.407 e. The van der Waals surface area contributed by atoms with Crippen LogP contribution in [0, 0.1) is 0 Å². The van der Waals surface area contributed by atoms with Gasteiger partial charge in [-0.2, -0.15) is 5.10 Å². The summed E-state index contributed by atoms with van der Waals surface area (Å²) >= 11 is 0. The Bertz CT molecular complexity index is 512. The Hall–Kier alpha value is -1.72. The monoisotopic (exact) mass is 354 g/mol. The molecule has 1 heterocycles. The summed E-state index contributed by atoms with van der Waals surface area (Å²) in [6.07, 6.45) is 1.26. The van der Waals surface area contributed by atoms with Crippen LogP contribution < -0.4 is 11.1 Å². The van der Waals surface area contributed by atoms with Gasteiger partial charge >= 0.3 is 6.09 Å². The van der Waals surface area contributed by atoms with Crippen LogP contribution in [0.3, 0.4) is 0 Å². The van der Waals surface area contributed by atoms with Crippen LogP contribution in [0.2, 0.25) is 0 Å². The lowest BCUT2D eigenvalue weighted by atomic mass is 9.80. The van der Waals surface area contributed by atoms with E-state index in [1.165, 1.54) is 0 Å². The second-order valence-corrected chi connectivity index (χ2v) is 7.07. The molecule has 146 valence electrons. The van der Waals surface area contributed by atoms with Gasteiger partial charge in [-0.1, -0.05) is 27.7 Å². The van der Waals surface area contributed by atoms with E-state index in [-0.39, 0.29) is 23.8 Å². The van der Waals surface area contributed by atoms with Crippen LogP contribution >= 0.6 is 0 Å². The van der Waals surface area contributed by atoms with E-state index in [0.29, 0.717) is 11.7 Å². The number of alkyl carbamates (subject to hydrolysis) is 1. The molecule has 1 amide bonds. The number of carbonyl (C=O) groups excluding carboxylic acids is 1. The van der Waals surface area contributed by atoms with E-state index in [1.807, 2.05) is 52.3 Å². The molecule has 3 N–H and O–H groups in total. The van der Waals surface area contributed by atoms with Crippen molar-refractivity contribution in [1.29, 1.82) is 0 Å². The van der Waals surface area contributed by atoms with Crippen LogP contribution in [0.4, 0.5) is 10.6 Å². The van der Waals surface area contributed by atoms with Crippen molar-refractivity contribution in [3.8, 4) is 0 Å². The van der Waals surface area contributed by atoms with Gasteiger partial charge in [-0.15, -0.1) is 0 Å². The van der Waals surface area contributed by atoms with Crippen molar-refractivity contribution in [2.45, 2.75) is 98.8 Å². The number of ether oxygens (including phenoxy) is 1. The van der Waals surface area contributed by atoms with Gasteiger partial charge in [-0.05, 0) is 47.5 Å². The third kappa shape index (κ3) is 6.96. The summed E-state index contributed by atoms with van der Waals surface area (Å²) < 4.78 is 7.19. The lowest BCUT2D eigenvalue weighted by Crippen LogP contribution is -2.38. The maximum atomic E-state index is 11.5. The number of rotatable bonds is 3. The van der Waals surface area contributed by atoms with E-state index in [4.69, 9.17) is 10.5 Å². The van der Waals surface area contributed by atoms with Crippen molar-refractivity contribution in [3.05, 3.63) is 11.8 Å². The number of nitrogen functional groups attached to an aromatic ring is 1. The molecule has 1 aromatic heterocycles. The highest BCUT2D eigenvalue weighted by Crippen LogP contribution is 2.39. The first-order valence-corrected chi connectivity index (χ1v) is 9.50. The lowest BCUT2D eigenvalue weighted by molar-refractivity contribution is 0.0372. The normalized spacial score (nSPS) is 19.0. The third-order valence-electron chi connectivity index (χ3n) is 3.58. The molecule has 0 unspecified atom stereocenters. The average molecular weight is 355 g/mol. The molecule has 0 aromatic carbocycles. The number of hydrogen-bond acceptors (Lipinski definition) is 4. The summed E-state index contributed by atoms with van der Waals surface area (Å²) in [6, 6.07) is 2.02. The maximum Gasteiger partial charge on any atom is 0.407 e. The summed E-state index contributed by atoms with van der Waals surface area (Å²) in [5.41, 5.74) is 6.89. The summed E-state index contributed by atoms with van der Waals surface area (Å²) in [5, 5.41) is 7.33. The number of carbonyl (C=O) groups is 1. The number of amides is 1. The molecular weight excluding hydrogens is 316 g/mol. The van der Waals surface area contributed by atoms with Gasteiger partial charge < -0.3 is 15.8 Å². The number of nitrogens with one attached hydrogen (secondary N) is 1. The second-order valence-electron chi connectivity index (χ2n) is 7.07. The number of nitrogens with zero attached hydrogens (tertiary/aromatic N) is 2. The maximum absolute atomic E-state index is 11.5. The van der Waals surface area contributed by atoms with Gasteiger partial charge in [0.25, 0.3) is 0 Å². The van der Waals surface area contributed by atoms with Crippen LogP contribution in [0.5, 0.6) is 0 Å². The molecule has 6 nitrogen and oxygen atoms in total. The van der Waals surface area contributed by atoms with Crippen molar-refractivity contribution in [1.82, 2.24) is 15.1 Å². The minimum Gasteiger partial charge on any atom is -0.446 e. The Morgan fingerprint density at radius 2 is 1.80 bits per heavy atom. The zero-order chi connectivity index (χ0) is 19.8. The van der Waals surface area contributed by atoms with Gasteiger partial charge in [0.2, 0.25) is 0 Å². The lowest BCUT2D eigenvalue weighted by Gasteiger charge is -2.33. The fourth-order valence-corrected chi connectivity index (χ4v) is 2.48. The molecule has 25 heavy (non-hydrogen) atoms. The Balaban J connectivity index is 0.00000134. The Morgan fingerprint density at radius 1 is 1.28 bits per heavy atom. The van der Waals surface area contributed by atoms with Crippen molar-refractivity contribution in [2.24, 2.45) is 0 Å². The average Bonchev–Trinajstić information content (AvgIpc) is 2.87. The number of hydrogen-bond donors (Lipinski definition) is 2. The summed E-state index contributed by atoms with van der Waals surface area (Å²) in [5.74, 6) is 1.01. The van der Waals surface area contributed by atoms with Crippen LogP contribution in [-0.4, -0.2) is 28.0 Å². The molecule has 6 heteroatoms. The molecule has 2 rings (SSSR count). The van der Waals surface area contributed by atoms with Gasteiger partial charge in [0.05, 0.1) is 11.2 Å². The van der Waals surface area contributed by atoms with E-state index < -0.39 is 0 Å². The van der Waals surface area contributed by atoms with E-state index in [1.54, 1.807) is 0 Å². The molecule has 0 atom stereocenters. The molecule has 0 bridgehead atoms. The fourth-order valence-electron chi connectivity index (χ4n) is 2.48. The van der Waals surface area contributed by atoms with Gasteiger partial charge in [0, 0.05) is 18.0 Å². The van der Waals surface area contributed by atoms with Gasteiger partial charge in [-0.3, -0.25) is 0 Å². The Morgan fingerprint density at radius 3 is 2.20 bits per heavy atom. The molecular formula is C19H38N4O2. The van der Waals surface area contributed by atoms with Gasteiger partial charge in [0.1, 0.15) is 11.9 Å². The van der Waals surface area contributed by atoms with Crippen LogP contribution in [-0.2, 0) is 10.3 Å². The molecule has 0 spiro atoms. The minimum atomic E-state index is -0.340. The molecule has 0 saturated heterocycles. The quantitative estimate of drug-likeness (QED) is 0.827. The van der Waals surface area contributed by atoms with Gasteiger partial charge in [-0.25, -0.2) is 9.48 Å². The topological polar surface area (TPSA) is 82.2 Å². The fraction of sp³-hybridized carbons (Fsp3) is 0.789. The molecule has 0 radical (unpaired) electrons. The predicted molar refractivity (Wildman–Crippen MR) is 105 cm³/mol. The third-order valence-corrected chi connectivity index (χ3v) is 3.58. The Labute approximate surface area is 153 Å². The number of aromatic nitrogens is 2. The first-order valence-electron chi connectivity index (χ1n) is 9.50. The number of anilines is 1. The van der Waals surface area contributed by atoms with Crippen molar-refractivity contribution >= 4 is 11.9 Å². The summed E-state index contributed by atoms with van der Waals surface area (Å²) in [4.78, 5) is 11.5. The standard InChI is InChI=1S/C15H26N4O2.2C2H6/c1-9(2)17-14(20)21-11-6-10(7-11)12-8-13(16)19(18-12)15(3,4)5;2*1-2/h8-11H,6-7,16H2,1-5H3,(H,17,20);2*1-2H3. The molecule has 1 fully saturated rings. The largest absolute Gasteiger partial charge is 0.446 e. The molecule has 1 aliphatic rings. The predicted octanol–water partition coefficient (Wildman–Crippen LogP) is 4.65. The van der Waals surface area contributed by atoms with E-state index in [0.717, 1.165) is 18.5 Å². The molecule has 1 saturated carbocycles. The van der Waals surface area contributed by atoms with Crippen molar-refractivity contribution in [3.63, 3.8) is 0 Å². The van der Waals surface area contributed by atoms with E-state index in [2.05, 4.69) is 31.2 Å². The second kappa shape index (κ2) is 10.3. The first kappa shape index (κ1) is 23.3. The molecule has 0 aliphatic heterocycles. The van der Waals surface area contributed by atoms with Gasteiger partial charge in [0.15, 0.2) is 0 Å².